The van der Waals surface area contributed by atoms with Crippen molar-refractivity contribution in [2.24, 2.45) is 0 Å². The minimum Gasteiger partial charge on any atom is -0.450 e. The van der Waals surface area contributed by atoms with Crippen LogP contribution in [0.3, 0.4) is 0 Å². The summed E-state index contributed by atoms with van der Waals surface area (Å²) in [4.78, 5) is 8.93. The molecule has 0 saturated carbocycles. The first-order chi connectivity index (χ1) is 14.6. The third kappa shape index (κ3) is 3.41. The molecule has 0 spiro atoms. The van der Waals surface area contributed by atoms with Crippen molar-refractivity contribution in [3.8, 4) is 0 Å². The summed E-state index contributed by atoms with van der Waals surface area (Å²) in [6.45, 7) is 2.09. The quantitative estimate of drug-likeness (QED) is 0.526. The molecule has 0 bridgehead atoms. The van der Waals surface area contributed by atoms with Gasteiger partial charge in [-0.25, -0.2) is 18.4 Å². The number of morpholine rings is 1. The third-order valence-electron chi connectivity index (χ3n) is 5.15. The summed E-state index contributed by atoms with van der Waals surface area (Å²) in [5.41, 5.74) is 3.05. The van der Waals surface area contributed by atoms with E-state index >= 15 is 0 Å². The van der Waals surface area contributed by atoms with Crippen LogP contribution in [0.2, 0.25) is 0 Å². The normalized spacial score (nSPS) is 15.6. The van der Waals surface area contributed by atoms with Crippen LogP contribution in [-0.4, -0.2) is 49.0 Å². The van der Waals surface area contributed by atoms with Crippen molar-refractivity contribution in [2.45, 2.75) is 11.4 Å². The number of hydrogen-bond donors (Lipinski definition) is 1. The van der Waals surface area contributed by atoms with E-state index in [2.05, 4.69) is 15.3 Å². The molecule has 0 unspecified atom stereocenters. The van der Waals surface area contributed by atoms with E-state index in [0.29, 0.717) is 44.2 Å². The van der Waals surface area contributed by atoms with Crippen LogP contribution >= 0.6 is 0 Å². The zero-order valence-electron chi connectivity index (χ0n) is 16.1. The molecule has 5 rings (SSSR count). The Kier molecular flexibility index (Phi) is 4.86. The maximum absolute atomic E-state index is 12.7. The van der Waals surface area contributed by atoms with Gasteiger partial charge in [0.15, 0.2) is 11.4 Å². The second-order valence-electron chi connectivity index (χ2n) is 7.01. The Labute approximate surface area is 173 Å². The van der Waals surface area contributed by atoms with Crippen LogP contribution in [0.25, 0.3) is 22.1 Å². The number of hydrogen-bond acceptors (Lipinski definition) is 7. The Morgan fingerprint density at radius 2 is 1.77 bits per heavy atom. The standard InChI is InChI=1S/C21H20N4O4S/c26-30(27,25-9-11-28-12-10-25)16-7-5-15(6-8-16)13-22-21-20-19(23-14-24-21)17-3-1-2-4-18(17)29-20/h1-8,14H,9-13H2,(H,22,23,24). The molecule has 8 nitrogen and oxygen atoms in total. The van der Waals surface area contributed by atoms with Gasteiger partial charge in [-0.15, -0.1) is 0 Å². The number of anilines is 1. The minimum atomic E-state index is -3.49. The lowest BCUT2D eigenvalue weighted by Crippen LogP contribution is -2.40. The summed E-state index contributed by atoms with van der Waals surface area (Å²) in [6, 6.07) is 14.6. The zero-order chi connectivity index (χ0) is 20.6. The third-order valence-corrected chi connectivity index (χ3v) is 7.06. The van der Waals surface area contributed by atoms with Crippen molar-refractivity contribution in [1.82, 2.24) is 14.3 Å². The summed E-state index contributed by atoms with van der Waals surface area (Å²) in [5.74, 6) is 0.598. The molecule has 30 heavy (non-hydrogen) atoms. The molecular weight excluding hydrogens is 404 g/mol. The van der Waals surface area contributed by atoms with Gasteiger partial charge < -0.3 is 14.5 Å². The number of benzene rings is 2. The van der Waals surface area contributed by atoms with Gasteiger partial charge >= 0.3 is 0 Å². The first-order valence-corrected chi connectivity index (χ1v) is 11.1. The molecule has 2 aromatic carbocycles. The molecule has 1 fully saturated rings. The highest BCUT2D eigenvalue weighted by Crippen LogP contribution is 2.30. The molecule has 0 amide bonds. The van der Waals surface area contributed by atoms with E-state index in [-0.39, 0.29) is 4.90 Å². The Bertz CT molecular complexity index is 1300. The van der Waals surface area contributed by atoms with E-state index in [1.54, 1.807) is 24.3 Å². The van der Waals surface area contributed by atoms with Crippen molar-refractivity contribution in [3.63, 3.8) is 0 Å². The van der Waals surface area contributed by atoms with E-state index in [1.807, 2.05) is 24.3 Å². The van der Waals surface area contributed by atoms with Crippen LogP contribution in [0.15, 0.2) is 64.2 Å². The Morgan fingerprint density at radius 1 is 1.00 bits per heavy atom. The van der Waals surface area contributed by atoms with Crippen LogP contribution in [0, 0.1) is 0 Å². The Hall–Kier alpha value is -3.01. The average molecular weight is 424 g/mol. The molecule has 1 saturated heterocycles. The lowest BCUT2D eigenvalue weighted by molar-refractivity contribution is 0.0730. The molecule has 9 heteroatoms. The topological polar surface area (TPSA) is 97.6 Å². The lowest BCUT2D eigenvalue weighted by Gasteiger charge is -2.26. The number of nitrogens with one attached hydrogen (secondary N) is 1. The van der Waals surface area contributed by atoms with Crippen LogP contribution in [-0.2, 0) is 21.3 Å². The van der Waals surface area contributed by atoms with Gasteiger partial charge in [-0.1, -0.05) is 24.3 Å². The summed E-state index contributed by atoms with van der Waals surface area (Å²) in [7, 11) is -3.49. The van der Waals surface area contributed by atoms with E-state index in [1.165, 1.54) is 10.6 Å². The molecule has 0 radical (unpaired) electrons. The van der Waals surface area contributed by atoms with Crippen LogP contribution in [0.5, 0.6) is 0 Å². The van der Waals surface area contributed by atoms with Gasteiger partial charge in [0, 0.05) is 25.0 Å². The van der Waals surface area contributed by atoms with Crippen molar-refractivity contribution >= 4 is 37.9 Å². The smallest absolute Gasteiger partial charge is 0.243 e. The van der Waals surface area contributed by atoms with Gasteiger partial charge in [0.05, 0.1) is 18.1 Å². The fourth-order valence-corrected chi connectivity index (χ4v) is 4.96. The predicted octanol–water partition coefficient (Wildman–Crippen LogP) is 3.01. The Morgan fingerprint density at radius 3 is 2.57 bits per heavy atom. The first-order valence-electron chi connectivity index (χ1n) is 9.66. The number of ether oxygens (including phenoxy) is 1. The zero-order valence-corrected chi connectivity index (χ0v) is 16.9. The molecule has 4 aromatic rings. The van der Waals surface area contributed by atoms with Gasteiger partial charge in [-0.3, -0.25) is 0 Å². The van der Waals surface area contributed by atoms with E-state index in [0.717, 1.165) is 22.0 Å². The number of sulfonamides is 1. The van der Waals surface area contributed by atoms with Crippen LogP contribution in [0.1, 0.15) is 5.56 Å². The number of fused-ring (bicyclic) bond motifs is 3. The number of para-hydroxylation sites is 1. The lowest BCUT2D eigenvalue weighted by atomic mass is 10.2. The summed E-state index contributed by atoms with van der Waals surface area (Å²) < 4.78 is 38.1. The van der Waals surface area contributed by atoms with E-state index in [4.69, 9.17) is 9.15 Å². The first kappa shape index (κ1) is 19.0. The fraction of sp³-hybridized carbons (Fsp3) is 0.238. The second kappa shape index (κ2) is 7.67. The monoisotopic (exact) mass is 424 g/mol. The van der Waals surface area contributed by atoms with E-state index < -0.39 is 10.0 Å². The molecule has 1 aliphatic rings. The van der Waals surface area contributed by atoms with Gasteiger partial charge in [-0.2, -0.15) is 4.31 Å². The highest BCUT2D eigenvalue weighted by molar-refractivity contribution is 7.89. The Balaban J connectivity index is 1.35. The van der Waals surface area contributed by atoms with Gasteiger partial charge in [0.2, 0.25) is 10.0 Å². The summed E-state index contributed by atoms with van der Waals surface area (Å²) >= 11 is 0. The van der Waals surface area contributed by atoms with Gasteiger partial charge in [-0.05, 0) is 29.8 Å². The molecule has 3 heterocycles. The van der Waals surface area contributed by atoms with E-state index in [9.17, 15) is 8.42 Å². The number of nitrogens with zero attached hydrogens (tertiary/aromatic N) is 3. The number of furan rings is 1. The molecule has 0 atom stereocenters. The largest absolute Gasteiger partial charge is 0.450 e. The van der Waals surface area contributed by atoms with Crippen molar-refractivity contribution in [3.05, 3.63) is 60.4 Å². The van der Waals surface area contributed by atoms with Crippen LogP contribution in [0.4, 0.5) is 5.82 Å². The molecule has 0 aliphatic carbocycles. The number of rotatable bonds is 5. The van der Waals surface area contributed by atoms with Gasteiger partial charge in [0.25, 0.3) is 0 Å². The average Bonchev–Trinajstić information content (AvgIpc) is 3.18. The maximum Gasteiger partial charge on any atom is 0.243 e. The van der Waals surface area contributed by atoms with Crippen molar-refractivity contribution in [1.29, 1.82) is 0 Å². The fourth-order valence-electron chi connectivity index (χ4n) is 3.55. The van der Waals surface area contributed by atoms with Crippen molar-refractivity contribution in [2.75, 3.05) is 31.6 Å². The highest BCUT2D eigenvalue weighted by Gasteiger charge is 2.26. The minimum absolute atomic E-state index is 0.287. The maximum atomic E-state index is 12.7. The summed E-state index contributed by atoms with van der Waals surface area (Å²) in [6.07, 6.45) is 1.50. The molecule has 1 N–H and O–H groups in total. The molecular formula is C21H20N4O4S. The highest BCUT2D eigenvalue weighted by atomic mass is 32.2. The molecule has 154 valence electrons. The second-order valence-corrected chi connectivity index (χ2v) is 8.95. The summed E-state index contributed by atoms with van der Waals surface area (Å²) in [5, 5.41) is 4.21. The predicted molar refractivity (Wildman–Crippen MR) is 113 cm³/mol. The number of aromatic nitrogens is 2. The molecule has 2 aromatic heterocycles. The van der Waals surface area contributed by atoms with Gasteiger partial charge in [0.1, 0.15) is 17.4 Å². The SMILES string of the molecule is O=S(=O)(c1ccc(CNc2ncnc3c2oc2ccccc23)cc1)N1CCOCC1. The molecule has 1 aliphatic heterocycles. The van der Waals surface area contributed by atoms with Crippen LogP contribution < -0.4 is 5.32 Å². The van der Waals surface area contributed by atoms with Crippen molar-refractivity contribution < 1.29 is 17.6 Å².